The Morgan fingerprint density at radius 2 is 1.66 bits per heavy atom. The summed E-state index contributed by atoms with van der Waals surface area (Å²) in [6.07, 6.45) is 1.36. The van der Waals surface area contributed by atoms with Crippen LogP contribution in [0.3, 0.4) is 0 Å². The Morgan fingerprint density at radius 3 is 2.14 bits per heavy atom. The van der Waals surface area contributed by atoms with Crippen molar-refractivity contribution >= 4 is 27.5 Å². The average Bonchev–Trinajstić information content (AvgIpc) is 2.60. The van der Waals surface area contributed by atoms with E-state index in [0.717, 1.165) is 5.56 Å². The van der Waals surface area contributed by atoms with Gasteiger partial charge >= 0.3 is 5.97 Å². The minimum atomic E-state index is -3.84. The van der Waals surface area contributed by atoms with Crippen molar-refractivity contribution in [1.82, 2.24) is 4.98 Å². The van der Waals surface area contributed by atoms with Gasteiger partial charge in [0.1, 0.15) is 11.4 Å². The third-order valence-electron chi connectivity index (χ3n) is 4.15. The predicted molar refractivity (Wildman–Crippen MR) is 115 cm³/mol. The van der Waals surface area contributed by atoms with E-state index in [1.807, 2.05) is 11.8 Å². The number of carbonyl (C=O) groups is 1. The van der Waals surface area contributed by atoms with Crippen molar-refractivity contribution in [3.8, 4) is 0 Å². The van der Waals surface area contributed by atoms with Gasteiger partial charge in [0, 0.05) is 13.1 Å². The molecule has 29 heavy (non-hydrogen) atoms. The van der Waals surface area contributed by atoms with E-state index < -0.39 is 16.0 Å². The van der Waals surface area contributed by atoms with Gasteiger partial charge in [-0.05, 0) is 37.0 Å². The Morgan fingerprint density at radius 1 is 1.10 bits per heavy atom. The molecule has 2 N–H and O–H groups in total. The van der Waals surface area contributed by atoms with E-state index in [0.29, 0.717) is 30.7 Å². The fourth-order valence-electron chi connectivity index (χ4n) is 2.98. The number of nitrogens with one attached hydrogen (secondary N) is 1. The van der Waals surface area contributed by atoms with E-state index >= 15 is 0 Å². The molecule has 0 spiro atoms. The van der Waals surface area contributed by atoms with Gasteiger partial charge in [0.15, 0.2) is 0 Å². The Bertz CT molecular complexity index is 944. The average molecular weight is 420 g/mol. The number of rotatable bonds is 9. The van der Waals surface area contributed by atoms with Gasteiger partial charge in [-0.15, -0.1) is 0 Å². The van der Waals surface area contributed by atoms with Crippen LogP contribution < -0.4 is 9.62 Å². The number of carboxylic acid groups (broad SMARTS) is 1. The molecule has 2 rings (SSSR count). The van der Waals surface area contributed by atoms with Crippen LogP contribution in [0, 0.1) is 18.8 Å². The van der Waals surface area contributed by atoms with E-state index in [1.165, 1.54) is 24.4 Å². The lowest BCUT2D eigenvalue weighted by molar-refractivity contribution is 0.0697. The van der Waals surface area contributed by atoms with Crippen molar-refractivity contribution in [3.05, 3.63) is 47.7 Å². The number of anilines is 2. The van der Waals surface area contributed by atoms with Gasteiger partial charge in [0.25, 0.3) is 10.0 Å². The zero-order valence-corrected chi connectivity index (χ0v) is 18.3. The maximum atomic E-state index is 12.6. The zero-order chi connectivity index (χ0) is 21.8. The minimum Gasteiger partial charge on any atom is -0.478 e. The van der Waals surface area contributed by atoms with Crippen LogP contribution in [0.25, 0.3) is 0 Å². The minimum absolute atomic E-state index is 0.0320. The summed E-state index contributed by atoms with van der Waals surface area (Å²) >= 11 is 0. The molecule has 0 unspecified atom stereocenters. The summed E-state index contributed by atoms with van der Waals surface area (Å²) in [6, 6.07) is 7.74. The van der Waals surface area contributed by atoms with Gasteiger partial charge in [-0.2, -0.15) is 0 Å². The quantitative estimate of drug-likeness (QED) is 0.637. The first-order chi connectivity index (χ1) is 13.5. The lowest BCUT2D eigenvalue weighted by Gasteiger charge is -2.28. The molecule has 1 heterocycles. The van der Waals surface area contributed by atoms with E-state index in [2.05, 4.69) is 37.4 Å². The maximum Gasteiger partial charge on any atom is 0.339 e. The predicted octanol–water partition coefficient (Wildman–Crippen LogP) is 4.01. The standard InChI is InChI=1S/C21H29N3O4S/c1-14(2)12-24(13-15(3)4)20-19(21(25)26)10-17(11-22-20)23-29(27,28)18-8-6-16(5)7-9-18/h6-11,14-15,23H,12-13H2,1-5H3,(H,25,26). The van der Waals surface area contributed by atoms with Gasteiger partial charge < -0.3 is 10.0 Å². The largest absolute Gasteiger partial charge is 0.478 e. The van der Waals surface area contributed by atoms with Crippen molar-refractivity contribution in [3.63, 3.8) is 0 Å². The van der Waals surface area contributed by atoms with Crippen LogP contribution in [-0.2, 0) is 10.0 Å². The van der Waals surface area contributed by atoms with E-state index in [-0.39, 0.29) is 16.1 Å². The number of benzene rings is 1. The van der Waals surface area contributed by atoms with Crippen molar-refractivity contribution in [2.45, 2.75) is 39.5 Å². The molecular formula is C21H29N3O4S. The second-order valence-electron chi connectivity index (χ2n) is 8.01. The normalized spacial score (nSPS) is 11.7. The molecule has 1 aromatic heterocycles. The molecule has 8 heteroatoms. The number of aryl methyl sites for hydroxylation is 1. The number of aromatic nitrogens is 1. The van der Waals surface area contributed by atoms with Crippen LogP contribution in [0.5, 0.6) is 0 Å². The number of carboxylic acids is 1. The topological polar surface area (TPSA) is 99.6 Å². The highest BCUT2D eigenvalue weighted by atomic mass is 32.2. The fraction of sp³-hybridized carbons (Fsp3) is 0.429. The molecule has 0 aliphatic carbocycles. The molecule has 0 radical (unpaired) electrons. The summed E-state index contributed by atoms with van der Waals surface area (Å²) < 4.78 is 27.6. The number of pyridine rings is 1. The summed E-state index contributed by atoms with van der Waals surface area (Å²) in [5.41, 5.74) is 1.02. The number of sulfonamides is 1. The lowest BCUT2D eigenvalue weighted by Crippen LogP contribution is -2.33. The highest BCUT2D eigenvalue weighted by molar-refractivity contribution is 7.92. The van der Waals surface area contributed by atoms with Crippen LogP contribution >= 0.6 is 0 Å². The van der Waals surface area contributed by atoms with Crippen molar-refractivity contribution in [2.75, 3.05) is 22.7 Å². The number of hydrogen-bond acceptors (Lipinski definition) is 5. The van der Waals surface area contributed by atoms with E-state index in [9.17, 15) is 18.3 Å². The Balaban J connectivity index is 2.40. The van der Waals surface area contributed by atoms with Crippen LogP contribution in [0.15, 0.2) is 41.4 Å². The zero-order valence-electron chi connectivity index (χ0n) is 17.5. The van der Waals surface area contributed by atoms with Gasteiger partial charge in [-0.1, -0.05) is 45.4 Å². The highest BCUT2D eigenvalue weighted by Gasteiger charge is 2.22. The van der Waals surface area contributed by atoms with Crippen LogP contribution in [-0.4, -0.2) is 37.6 Å². The molecule has 2 aromatic rings. The summed E-state index contributed by atoms with van der Waals surface area (Å²) in [5, 5.41) is 9.71. The molecule has 0 saturated heterocycles. The summed E-state index contributed by atoms with van der Waals surface area (Å²) in [4.78, 5) is 18.2. The molecule has 0 amide bonds. The van der Waals surface area contributed by atoms with Crippen molar-refractivity contribution < 1.29 is 18.3 Å². The van der Waals surface area contributed by atoms with E-state index in [4.69, 9.17) is 0 Å². The molecule has 1 aromatic carbocycles. The first-order valence-corrected chi connectivity index (χ1v) is 11.1. The molecule has 0 fully saturated rings. The number of nitrogens with zero attached hydrogens (tertiary/aromatic N) is 2. The molecule has 0 saturated carbocycles. The Labute approximate surface area is 172 Å². The monoisotopic (exact) mass is 419 g/mol. The van der Waals surface area contributed by atoms with Crippen molar-refractivity contribution in [2.24, 2.45) is 11.8 Å². The number of hydrogen-bond donors (Lipinski definition) is 2. The Kier molecular flexibility index (Phi) is 7.24. The Hall–Kier alpha value is -2.61. The van der Waals surface area contributed by atoms with Crippen LogP contribution in [0.2, 0.25) is 0 Å². The smallest absolute Gasteiger partial charge is 0.339 e. The van der Waals surface area contributed by atoms with Crippen LogP contribution in [0.4, 0.5) is 11.5 Å². The fourth-order valence-corrected chi connectivity index (χ4v) is 4.02. The maximum absolute atomic E-state index is 12.6. The first kappa shape index (κ1) is 22.7. The molecule has 0 aliphatic rings. The molecule has 7 nitrogen and oxygen atoms in total. The van der Waals surface area contributed by atoms with Crippen molar-refractivity contribution in [1.29, 1.82) is 0 Å². The second kappa shape index (κ2) is 9.26. The summed E-state index contributed by atoms with van der Waals surface area (Å²) in [6.45, 7) is 11.4. The van der Waals surface area contributed by atoms with Gasteiger partial charge in [-0.25, -0.2) is 18.2 Å². The first-order valence-electron chi connectivity index (χ1n) is 9.57. The summed E-state index contributed by atoms with van der Waals surface area (Å²) in [7, 11) is -3.84. The summed E-state index contributed by atoms with van der Waals surface area (Å²) in [5.74, 6) is -0.173. The molecule has 0 atom stereocenters. The molecule has 0 bridgehead atoms. The van der Waals surface area contributed by atoms with Gasteiger partial charge in [-0.3, -0.25) is 4.72 Å². The SMILES string of the molecule is Cc1ccc(S(=O)(=O)Nc2cnc(N(CC(C)C)CC(C)C)c(C(=O)O)c2)cc1. The van der Waals surface area contributed by atoms with Crippen LogP contribution in [0.1, 0.15) is 43.6 Å². The second-order valence-corrected chi connectivity index (χ2v) is 9.69. The number of aromatic carboxylic acids is 1. The lowest BCUT2D eigenvalue weighted by atomic mass is 10.1. The molecule has 0 aliphatic heterocycles. The third kappa shape index (κ3) is 6.19. The third-order valence-corrected chi connectivity index (χ3v) is 5.55. The van der Waals surface area contributed by atoms with Gasteiger partial charge in [0.2, 0.25) is 0 Å². The molecule has 158 valence electrons. The van der Waals surface area contributed by atoms with E-state index in [1.54, 1.807) is 12.1 Å². The molecular weight excluding hydrogens is 390 g/mol. The van der Waals surface area contributed by atoms with Gasteiger partial charge in [0.05, 0.1) is 16.8 Å². The highest BCUT2D eigenvalue weighted by Crippen LogP contribution is 2.25.